The van der Waals surface area contributed by atoms with Crippen molar-refractivity contribution in [2.45, 2.75) is 19.4 Å². The topological polar surface area (TPSA) is 91.2 Å². The zero-order valence-corrected chi connectivity index (χ0v) is 19.0. The van der Waals surface area contributed by atoms with Crippen LogP contribution in [0.1, 0.15) is 29.7 Å². The number of carbonyl (C=O) groups is 2. The van der Waals surface area contributed by atoms with Crippen LogP contribution in [0.2, 0.25) is 0 Å². The van der Waals surface area contributed by atoms with Crippen molar-refractivity contribution in [1.82, 2.24) is 10.6 Å². The molecule has 0 radical (unpaired) electrons. The molecule has 0 saturated heterocycles. The Morgan fingerprint density at radius 2 is 1.62 bits per heavy atom. The van der Waals surface area contributed by atoms with Crippen molar-refractivity contribution >= 4 is 17.9 Å². The van der Waals surface area contributed by atoms with Crippen LogP contribution < -0.4 is 15.4 Å². The highest BCUT2D eigenvalue weighted by Gasteiger charge is 2.11. The van der Waals surface area contributed by atoms with Crippen molar-refractivity contribution in [2.24, 2.45) is 0 Å². The van der Waals surface area contributed by atoms with E-state index in [1.54, 1.807) is 24.3 Å². The first-order valence-corrected chi connectivity index (χ1v) is 11.1. The zero-order chi connectivity index (χ0) is 24.2. The van der Waals surface area contributed by atoms with Gasteiger partial charge in [-0.05, 0) is 48.2 Å². The van der Waals surface area contributed by atoms with Gasteiger partial charge < -0.3 is 15.4 Å². The Morgan fingerprint density at radius 3 is 2.26 bits per heavy atom. The summed E-state index contributed by atoms with van der Waals surface area (Å²) in [7, 11) is 0. The molecule has 0 unspecified atom stereocenters. The Kier molecular flexibility index (Phi) is 9.00. The molecule has 0 aromatic heterocycles. The smallest absolute Gasteiger partial charge is 0.261 e. The van der Waals surface area contributed by atoms with Gasteiger partial charge in [0.15, 0.2) is 6.61 Å². The molecule has 2 N–H and O–H groups in total. The summed E-state index contributed by atoms with van der Waals surface area (Å²) in [5, 5.41) is 15.1. The van der Waals surface area contributed by atoms with Crippen molar-refractivity contribution in [1.29, 1.82) is 5.26 Å². The lowest BCUT2D eigenvalue weighted by molar-refractivity contribution is -0.123. The van der Waals surface area contributed by atoms with E-state index in [0.717, 1.165) is 11.1 Å². The van der Waals surface area contributed by atoms with E-state index in [-0.39, 0.29) is 24.1 Å². The summed E-state index contributed by atoms with van der Waals surface area (Å²) in [6, 6.07) is 28.2. The number of rotatable bonds is 10. The highest BCUT2D eigenvalue weighted by molar-refractivity contribution is 6.01. The molecule has 1 atom stereocenters. The number of nitriles is 1. The predicted molar refractivity (Wildman–Crippen MR) is 132 cm³/mol. The van der Waals surface area contributed by atoms with Crippen LogP contribution in [0.25, 0.3) is 6.08 Å². The van der Waals surface area contributed by atoms with Crippen LogP contribution in [-0.2, 0) is 16.0 Å². The van der Waals surface area contributed by atoms with Crippen LogP contribution in [-0.4, -0.2) is 25.0 Å². The lowest BCUT2D eigenvalue weighted by atomic mass is 10.1. The standard InChI is InChI=1S/C28H27N3O3/c1-21(24-10-6-3-7-11-24)31-27(32)20-34-26-14-12-23(13-15-26)18-25(19-29)28(33)30-17-16-22-8-4-2-5-9-22/h2-15,18,21H,16-17,20H2,1H3,(H,30,33)(H,31,32)/b25-18+/t21-/m0/s1. The molecule has 0 aliphatic heterocycles. The maximum absolute atomic E-state index is 12.3. The number of nitrogens with zero attached hydrogens (tertiary/aromatic N) is 1. The Labute approximate surface area is 199 Å². The molecule has 34 heavy (non-hydrogen) atoms. The second kappa shape index (κ2) is 12.6. The van der Waals surface area contributed by atoms with Gasteiger partial charge in [-0.2, -0.15) is 5.26 Å². The molecule has 0 aliphatic carbocycles. The van der Waals surface area contributed by atoms with E-state index in [1.165, 1.54) is 6.08 Å². The summed E-state index contributed by atoms with van der Waals surface area (Å²) in [6.45, 7) is 2.25. The van der Waals surface area contributed by atoms with Gasteiger partial charge in [-0.3, -0.25) is 9.59 Å². The summed E-state index contributed by atoms with van der Waals surface area (Å²) >= 11 is 0. The number of ether oxygens (including phenoxy) is 1. The minimum atomic E-state index is -0.414. The maximum atomic E-state index is 12.3. The first-order valence-electron chi connectivity index (χ1n) is 11.1. The van der Waals surface area contributed by atoms with Gasteiger partial charge in [0.2, 0.25) is 0 Å². The number of carbonyl (C=O) groups excluding carboxylic acids is 2. The van der Waals surface area contributed by atoms with Crippen molar-refractivity contribution < 1.29 is 14.3 Å². The zero-order valence-electron chi connectivity index (χ0n) is 19.0. The molecule has 0 aliphatic rings. The van der Waals surface area contributed by atoms with Crippen molar-refractivity contribution in [2.75, 3.05) is 13.2 Å². The van der Waals surface area contributed by atoms with Gasteiger partial charge in [0.05, 0.1) is 6.04 Å². The fraction of sp³-hybridized carbons (Fsp3) is 0.179. The van der Waals surface area contributed by atoms with Crippen LogP contribution in [0.15, 0.2) is 90.5 Å². The summed E-state index contributed by atoms with van der Waals surface area (Å²) < 4.78 is 5.56. The van der Waals surface area contributed by atoms with Gasteiger partial charge in [-0.15, -0.1) is 0 Å². The van der Waals surface area contributed by atoms with Crippen LogP contribution in [0, 0.1) is 11.3 Å². The monoisotopic (exact) mass is 453 g/mol. The van der Waals surface area contributed by atoms with E-state index in [1.807, 2.05) is 73.7 Å². The third kappa shape index (κ3) is 7.64. The number of hydrogen-bond acceptors (Lipinski definition) is 4. The van der Waals surface area contributed by atoms with Crippen LogP contribution in [0.5, 0.6) is 5.75 Å². The first kappa shape index (κ1) is 24.3. The number of benzene rings is 3. The van der Waals surface area contributed by atoms with E-state index >= 15 is 0 Å². The molecular weight excluding hydrogens is 426 g/mol. The van der Waals surface area contributed by atoms with Crippen molar-refractivity contribution in [3.63, 3.8) is 0 Å². The second-order valence-corrected chi connectivity index (χ2v) is 7.72. The molecule has 0 fully saturated rings. The third-order valence-corrected chi connectivity index (χ3v) is 5.15. The molecule has 0 bridgehead atoms. The van der Waals surface area contributed by atoms with Gasteiger partial charge in [-0.1, -0.05) is 72.8 Å². The minimum Gasteiger partial charge on any atom is -0.484 e. The molecule has 172 valence electrons. The Balaban J connectivity index is 1.47. The molecular formula is C28H27N3O3. The van der Waals surface area contributed by atoms with Gasteiger partial charge >= 0.3 is 0 Å². The lowest BCUT2D eigenvalue weighted by Gasteiger charge is -2.14. The van der Waals surface area contributed by atoms with Crippen molar-refractivity contribution in [3.05, 3.63) is 107 Å². The van der Waals surface area contributed by atoms with Gasteiger partial charge in [0.1, 0.15) is 17.4 Å². The molecule has 0 saturated carbocycles. The molecule has 0 heterocycles. The third-order valence-electron chi connectivity index (χ3n) is 5.15. The fourth-order valence-corrected chi connectivity index (χ4v) is 3.29. The van der Waals surface area contributed by atoms with Crippen molar-refractivity contribution in [3.8, 4) is 11.8 Å². The number of nitrogens with one attached hydrogen (secondary N) is 2. The van der Waals surface area contributed by atoms with Crippen LogP contribution in [0.3, 0.4) is 0 Å². The molecule has 3 rings (SSSR count). The maximum Gasteiger partial charge on any atom is 0.261 e. The molecule has 2 amide bonds. The average molecular weight is 454 g/mol. The largest absolute Gasteiger partial charge is 0.484 e. The Morgan fingerprint density at radius 1 is 0.971 bits per heavy atom. The average Bonchev–Trinajstić information content (AvgIpc) is 2.87. The summed E-state index contributed by atoms with van der Waals surface area (Å²) in [5.74, 6) is -0.118. The van der Waals surface area contributed by atoms with Crippen LogP contribution in [0.4, 0.5) is 0 Å². The molecule has 6 heteroatoms. The molecule has 3 aromatic carbocycles. The predicted octanol–water partition coefficient (Wildman–Crippen LogP) is 4.21. The Bertz CT molecular complexity index is 1150. The molecule has 6 nitrogen and oxygen atoms in total. The number of hydrogen-bond donors (Lipinski definition) is 2. The molecule has 3 aromatic rings. The van der Waals surface area contributed by atoms with Gasteiger partial charge in [0.25, 0.3) is 11.8 Å². The van der Waals surface area contributed by atoms with E-state index in [4.69, 9.17) is 4.74 Å². The number of amides is 2. The summed E-state index contributed by atoms with van der Waals surface area (Å²) in [4.78, 5) is 24.5. The van der Waals surface area contributed by atoms with Gasteiger partial charge in [0, 0.05) is 6.54 Å². The van der Waals surface area contributed by atoms with E-state index in [9.17, 15) is 14.9 Å². The lowest BCUT2D eigenvalue weighted by Crippen LogP contribution is -2.31. The highest BCUT2D eigenvalue weighted by atomic mass is 16.5. The van der Waals surface area contributed by atoms with E-state index in [2.05, 4.69) is 10.6 Å². The first-order chi connectivity index (χ1) is 16.5. The second-order valence-electron chi connectivity index (χ2n) is 7.72. The van der Waals surface area contributed by atoms with Crippen LogP contribution >= 0.6 is 0 Å². The Hall–Kier alpha value is -4.37. The summed E-state index contributed by atoms with van der Waals surface area (Å²) in [6.07, 6.45) is 2.21. The molecule has 0 spiro atoms. The normalized spacial score (nSPS) is 11.7. The summed E-state index contributed by atoms with van der Waals surface area (Å²) in [5.41, 5.74) is 2.84. The highest BCUT2D eigenvalue weighted by Crippen LogP contribution is 2.15. The minimum absolute atomic E-state index is 0.0241. The fourth-order valence-electron chi connectivity index (χ4n) is 3.29. The SMILES string of the molecule is C[C@H](NC(=O)COc1ccc(/C=C(\C#N)C(=O)NCCc2ccccc2)cc1)c1ccccc1. The van der Waals surface area contributed by atoms with Gasteiger partial charge in [-0.25, -0.2) is 0 Å². The van der Waals surface area contributed by atoms with E-state index in [0.29, 0.717) is 24.3 Å². The quantitative estimate of drug-likeness (QED) is 0.355. The van der Waals surface area contributed by atoms with E-state index < -0.39 is 5.91 Å².